The highest BCUT2D eigenvalue weighted by Crippen LogP contribution is 2.17. The molecule has 8 heteroatoms. The summed E-state index contributed by atoms with van der Waals surface area (Å²) >= 11 is 0. The van der Waals surface area contributed by atoms with Gasteiger partial charge in [0.25, 0.3) is 5.69 Å². The van der Waals surface area contributed by atoms with Crippen molar-refractivity contribution in [2.45, 2.75) is 6.92 Å². The van der Waals surface area contributed by atoms with Gasteiger partial charge in [-0.15, -0.1) is 0 Å². The van der Waals surface area contributed by atoms with Crippen molar-refractivity contribution in [3.8, 4) is 5.75 Å². The highest BCUT2D eigenvalue weighted by atomic mass is 16.6. The molecular formula is C11H12N2O6. The van der Waals surface area contributed by atoms with Gasteiger partial charge >= 0.3 is 12.2 Å². The molecule has 102 valence electrons. The van der Waals surface area contributed by atoms with Gasteiger partial charge in [0.2, 0.25) is 0 Å². The predicted molar refractivity (Wildman–Crippen MR) is 63.9 cm³/mol. The Hall–Kier alpha value is -2.64. The molecule has 0 saturated carbocycles. The van der Waals surface area contributed by atoms with E-state index in [0.29, 0.717) is 4.90 Å². The fourth-order valence-electron chi connectivity index (χ4n) is 1.10. The van der Waals surface area contributed by atoms with E-state index in [9.17, 15) is 19.7 Å². The summed E-state index contributed by atoms with van der Waals surface area (Å²) in [7, 11) is 1.20. The molecule has 8 nitrogen and oxygen atoms in total. The van der Waals surface area contributed by atoms with Crippen LogP contribution in [0.15, 0.2) is 24.3 Å². The third kappa shape index (κ3) is 3.95. The van der Waals surface area contributed by atoms with E-state index in [1.54, 1.807) is 6.92 Å². The molecule has 19 heavy (non-hydrogen) atoms. The van der Waals surface area contributed by atoms with E-state index in [1.165, 1.54) is 31.3 Å². The number of hydrogen-bond acceptors (Lipinski definition) is 6. The van der Waals surface area contributed by atoms with E-state index in [4.69, 9.17) is 4.74 Å². The molecule has 0 fully saturated rings. The van der Waals surface area contributed by atoms with Crippen molar-refractivity contribution in [3.05, 3.63) is 34.4 Å². The molecule has 0 aliphatic carbocycles. The minimum absolute atomic E-state index is 0.0896. The third-order valence-corrected chi connectivity index (χ3v) is 2.07. The van der Waals surface area contributed by atoms with E-state index in [1.807, 2.05) is 0 Å². The second-order valence-electron chi connectivity index (χ2n) is 3.38. The maximum Gasteiger partial charge on any atom is 0.424 e. The van der Waals surface area contributed by atoms with Gasteiger partial charge in [-0.25, -0.2) is 14.5 Å². The van der Waals surface area contributed by atoms with Crippen LogP contribution in [0, 0.1) is 10.1 Å². The van der Waals surface area contributed by atoms with E-state index >= 15 is 0 Å². The van der Waals surface area contributed by atoms with Crippen LogP contribution in [0.2, 0.25) is 0 Å². The number of nitrogens with zero attached hydrogens (tertiary/aromatic N) is 2. The molecule has 2 amide bonds. The van der Waals surface area contributed by atoms with Crippen molar-refractivity contribution in [1.82, 2.24) is 4.90 Å². The first-order chi connectivity index (χ1) is 8.95. The molecule has 0 heterocycles. The Bertz CT molecular complexity index is 484. The van der Waals surface area contributed by atoms with Crippen LogP contribution in [0.1, 0.15) is 6.92 Å². The summed E-state index contributed by atoms with van der Waals surface area (Å²) in [5, 5.41) is 10.4. The second kappa shape index (κ2) is 6.34. The second-order valence-corrected chi connectivity index (χ2v) is 3.38. The Kier molecular flexibility index (Phi) is 4.81. The molecule has 0 aliphatic heterocycles. The molecular weight excluding hydrogens is 256 g/mol. The van der Waals surface area contributed by atoms with Crippen LogP contribution in [0.3, 0.4) is 0 Å². The van der Waals surface area contributed by atoms with Gasteiger partial charge in [0.05, 0.1) is 11.5 Å². The number of imide groups is 1. The van der Waals surface area contributed by atoms with Crippen molar-refractivity contribution in [1.29, 1.82) is 0 Å². The van der Waals surface area contributed by atoms with Gasteiger partial charge in [-0.1, -0.05) is 0 Å². The first-order valence-corrected chi connectivity index (χ1v) is 5.32. The molecule has 1 aromatic carbocycles. The minimum atomic E-state index is -0.938. The number of hydrogen-bond donors (Lipinski definition) is 0. The van der Waals surface area contributed by atoms with Crippen molar-refractivity contribution in [2.75, 3.05) is 13.7 Å². The fraction of sp³-hybridized carbons (Fsp3) is 0.273. The normalized spacial score (nSPS) is 9.58. The average Bonchev–Trinajstić information content (AvgIpc) is 2.38. The topological polar surface area (TPSA) is 99.0 Å². The van der Waals surface area contributed by atoms with Crippen LogP contribution >= 0.6 is 0 Å². The minimum Gasteiger partial charge on any atom is -0.449 e. The Morgan fingerprint density at radius 2 is 1.84 bits per heavy atom. The summed E-state index contributed by atoms with van der Waals surface area (Å²) in [6.45, 7) is 1.74. The highest BCUT2D eigenvalue weighted by molar-refractivity contribution is 5.88. The fourth-order valence-corrected chi connectivity index (χ4v) is 1.10. The van der Waals surface area contributed by atoms with Crippen LogP contribution < -0.4 is 4.74 Å². The number of amides is 2. The lowest BCUT2D eigenvalue weighted by Crippen LogP contribution is -2.35. The number of nitro benzene ring substituents is 1. The number of rotatable bonds is 3. The number of carbonyl (C=O) groups excluding carboxylic acids is 2. The van der Waals surface area contributed by atoms with Gasteiger partial charge in [0.15, 0.2) is 0 Å². The number of ether oxygens (including phenoxy) is 2. The summed E-state index contributed by atoms with van der Waals surface area (Å²) in [5.74, 6) is 0.0896. The Labute approximate surface area is 108 Å². The van der Waals surface area contributed by atoms with Crippen molar-refractivity contribution < 1.29 is 24.0 Å². The molecule has 0 aromatic heterocycles. The Morgan fingerprint density at radius 1 is 1.26 bits per heavy atom. The zero-order chi connectivity index (χ0) is 14.4. The highest BCUT2D eigenvalue weighted by Gasteiger charge is 2.20. The lowest BCUT2D eigenvalue weighted by Gasteiger charge is -2.14. The number of nitro groups is 1. The molecule has 0 unspecified atom stereocenters. The van der Waals surface area contributed by atoms with Crippen LogP contribution in [0.4, 0.5) is 15.3 Å². The number of benzene rings is 1. The molecule has 1 aromatic rings. The van der Waals surface area contributed by atoms with E-state index in [-0.39, 0.29) is 18.0 Å². The van der Waals surface area contributed by atoms with Gasteiger partial charge in [-0.2, -0.15) is 0 Å². The van der Waals surface area contributed by atoms with Crippen LogP contribution in [0.5, 0.6) is 5.75 Å². The summed E-state index contributed by atoms with van der Waals surface area (Å²) in [6.07, 6.45) is -1.78. The summed E-state index contributed by atoms with van der Waals surface area (Å²) < 4.78 is 9.45. The average molecular weight is 268 g/mol. The van der Waals surface area contributed by atoms with Crippen molar-refractivity contribution in [2.24, 2.45) is 0 Å². The smallest absolute Gasteiger partial charge is 0.424 e. The molecule has 1 rings (SSSR count). The standard InChI is InChI=1S/C11H12N2O6/c1-3-18-10(14)12(2)11(15)19-9-6-4-8(5-7-9)13(16)17/h4-7H,3H2,1-2H3. The largest absolute Gasteiger partial charge is 0.449 e. The summed E-state index contributed by atoms with van der Waals surface area (Å²) in [4.78, 5) is 33.3. The zero-order valence-electron chi connectivity index (χ0n) is 10.4. The summed E-state index contributed by atoms with van der Waals surface area (Å²) in [6, 6.07) is 4.89. The molecule has 0 bridgehead atoms. The molecule has 0 spiro atoms. The maximum atomic E-state index is 11.5. The van der Waals surface area contributed by atoms with Crippen LogP contribution in [-0.4, -0.2) is 35.7 Å². The molecule has 0 saturated heterocycles. The quantitative estimate of drug-likeness (QED) is 0.615. The first kappa shape index (κ1) is 14.4. The lowest BCUT2D eigenvalue weighted by atomic mass is 10.3. The van der Waals surface area contributed by atoms with Crippen molar-refractivity contribution >= 4 is 17.9 Å². The lowest BCUT2D eigenvalue weighted by molar-refractivity contribution is -0.384. The number of non-ortho nitro benzene ring substituents is 1. The monoisotopic (exact) mass is 268 g/mol. The van der Waals surface area contributed by atoms with E-state index < -0.39 is 17.1 Å². The van der Waals surface area contributed by atoms with E-state index in [0.717, 1.165) is 0 Å². The first-order valence-electron chi connectivity index (χ1n) is 5.32. The zero-order valence-corrected chi connectivity index (χ0v) is 10.4. The molecule has 0 atom stereocenters. The number of carbonyl (C=O) groups is 2. The predicted octanol–water partition coefficient (Wildman–Crippen LogP) is 2.18. The van der Waals surface area contributed by atoms with Crippen LogP contribution in [0.25, 0.3) is 0 Å². The maximum absolute atomic E-state index is 11.5. The Balaban J connectivity index is 2.66. The van der Waals surface area contributed by atoms with Gasteiger partial charge in [0.1, 0.15) is 5.75 Å². The Morgan fingerprint density at radius 3 is 2.32 bits per heavy atom. The van der Waals surface area contributed by atoms with Gasteiger partial charge in [-0.3, -0.25) is 10.1 Å². The van der Waals surface area contributed by atoms with E-state index in [2.05, 4.69) is 4.74 Å². The van der Waals surface area contributed by atoms with Gasteiger partial charge in [-0.05, 0) is 19.1 Å². The summed E-state index contributed by atoms with van der Waals surface area (Å²) in [5.41, 5.74) is -0.126. The van der Waals surface area contributed by atoms with Crippen molar-refractivity contribution in [3.63, 3.8) is 0 Å². The third-order valence-electron chi connectivity index (χ3n) is 2.07. The SMILES string of the molecule is CCOC(=O)N(C)C(=O)Oc1ccc([N+](=O)[O-])cc1. The molecule has 0 radical (unpaired) electrons. The van der Waals surface area contributed by atoms with Gasteiger partial charge in [0, 0.05) is 19.2 Å². The van der Waals surface area contributed by atoms with Gasteiger partial charge < -0.3 is 9.47 Å². The molecule has 0 N–H and O–H groups in total. The van der Waals surface area contributed by atoms with Crippen LogP contribution in [-0.2, 0) is 4.74 Å². The molecule has 0 aliphatic rings.